The largest absolute Gasteiger partial charge is 0.573 e. The first-order valence-electron chi connectivity index (χ1n) is 14.5. The highest BCUT2D eigenvalue weighted by Gasteiger charge is 2.33. The van der Waals surface area contributed by atoms with E-state index in [4.69, 9.17) is 0 Å². The summed E-state index contributed by atoms with van der Waals surface area (Å²) >= 11 is 4.81. The molecule has 1 fully saturated rings. The fourth-order valence-corrected chi connectivity index (χ4v) is 6.06. The minimum Gasteiger partial charge on any atom is -0.406 e. The van der Waals surface area contributed by atoms with Crippen LogP contribution < -0.4 is 15.0 Å². The summed E-state index contributed by atoms with van der Waals surface area (Å²) in [5.41, 5.74) is 4.98. The molecule has 9 nitrogen and oxygen atoms in total. The number of hydrogen-bond acceptors (Lipinski definition) is 6. The fraction of sp³-hybridized carbons (Fsp3) is 0.242. The fourth-order valence-electron chi connectivity index (χ4n) is 4.73. The molecule has 244 valence electrons. The number of hydrogen-bond donors (Lipinski definition) is 1. The molecule has 1 saturated heterocycles. The molecule has 5 rings (SSSR count). The molecule has 0 radical (unpaired) electrons. The van der Waals surface area contributed by atoms with E-state index in [9.17, 15) is 22.8 Å². The lowest BCUT2D eigenvalue weighted by Gasteiger charge is -2.22. The Morgan fingerprint density at radius 2 is 1.85 bits per heavy atom. The summed E-state index contributed by atoms with van der Waals surface area (Å²) in [6.45, 7) is 6.42. The number of halogens is 4. The Bertz CT molecular complexity index is 1820. The number of aromatic nitrogens is 3. The molecule has 2 heterocycles. The number of aliphatic imine (C=N–C) groups is 1. The number of nitrogens with one attached hydrogen (secondary N) is 1. The number of alkyl halides is 3. The van der Waals surface area contributed by atoms with Crippen molar-refractivity contribution in [1.29, 1.82) is 0 Å². The van der Waals surface area contributed by atoms with Gasteiger partial charge in [0.2, 0.25) is 5.91 Å². The number of anilines is 1. The van der Waals surface area contributed by atoms with Gasteiger partial charge in [0.1, 0.15) is 12.1 Å². The molecule has 0 aliphatic carbocycles. The highest BCUT2D eigenvalue weighted by molar-refractivity contribution is 9.11. The van der Waals surface area contributed by atoms with Crippen molar-refractivity contribution < 1.29 is 27.5 Å². The van der Waals surface area contributed by atoms with Crippen LogP contribution in [0.2, 0.25) is 0 Å². The molecule has 14 heteroatoms. The number of carbonyl (C=O) groups excluding carboxylic acids is 2. The Labute approximate surface area is 282 Å². The van der Waals surface area contributed by atoms with E-state index in [0.717, 1.165) is 32.4 Å². The number of nitrogens with zero attached hydrogens (tertiary/aromatic N) is 5. The van der Waals surface area contributed by atoms with Gasteiger partial charge in [0.05, 0.1) is 17.1 Å². The Morgan fingerprint density at radius 1 is 1.13 bits per heavy atom. The smallest absolute Gasteiger partial charge is 0.406 e. The van der Waals surface area contributed by atoms with Crippen LogP contribution in [0.3, 0.4) is 0 Å². The van der Waals surface area contributed by atoms with E-state index < -0.39 is 12.4 Å². The van der Waals surface area contributed by atoms with E-state index in [1.807, 2.05) is 55.5 Å². The van der Waals surface area contributed by atoms with E-state index in [1.54, 1.807) is 4.90 Å². The molecule has 0 bridgehead atoms. The molecule has 1 aromatic heterocycles. The van der Waals surface area contributed by atoms with Gasteiger partial charge in [-0.2, -0.15) is 4.99 Å². The van der Waals surface area contributed by atoms with Crippen LogP contribution in [0.5, 0.6) is 5.75 Å². The third-order valence-electron chi connectivity index (χ3n) is 6.97. The summed E-state index contributed by atoms with van der Waals surface area (Å²) in [5, 5.41) is 7.58. The third kappa shape index (κ3) is 8.89. The van der Waals surface area contributed by atoms with Gasteiger partial charge in [0, 0.05) is 12.1 Å². The van der Waals surface area contributed by atoms with Crippen LogP contribution in [0, 0.1) is 6.92 Å². The van der Waals surface area contributed by atoms with Gasteiger partial charge in [-0.25, -0.2) is 14.5 Å². The third-order valence-corrected chi connectivity index (χ3v) is 8.52. The molecular weight excluding hydrogens is 697 g/mol. The van der Waals surface area contributed by atoms with Crippen LogP contribution in [0.1, 0.15) is 42.9 Å². The van der Waals surface area contributed by atoms with Crippen LogP contribution in [0.4, 0.5) is 23.7 Å². The zero-order valence-electron chi connectivity index (χ0n) is 25.6. The van der Waals surface area contributed by atoms with E-state index >= 15 is 0 Å². The first-order valence-corrected chi connectivity index (χ1v) is 16.3. The molecule has 3 aromatic carbocycles. The highest BCUT2D eigenvalue weighted by Crippen LogP contribution is 2.34. The van der Waals surface area contributed by atoms with Gasteiger partial charge in [-0.05, 0) is 76.8 Å². The number of rotatable bonds is 9. The summed E-state index contributed by atoms with van der Waals surface area (Å²) in [4.78, 5) is 35.5. The number of amidine groups is 1. The van der Waals surface area contributed by atoms with Crippen molar-refractivity contribution in [3.8, 4) is 22.8 Å². The normalized spacial score (nSPS) is 14.7. The lowest BCUT2D eigenvalue weighted by molar-refractivity contribution is -0.274. The van der Waals surface area contributed by atoms with Crippen LogP contribution in [0.15, 0.2) is 82.5 Å². The van der Waals surface area contributed by atoms with Crippen molar-refractivity contribution >= 4 is 56.6 Å². The molecule has 47 heavy (non-hydrogen) atoms. The first-order chi connectivity index (χ1) is 22.4. The molecule has 1 aliphatic heterocycles. The van der Waals surface area contributed by atoms with Crippen molar-refractivity contribution in [3.63, 3.8) is 0 Å². The molecule has 1 N–H and O–H groups in total. The van der Waals surface area contributed by atoms with Crippen molar-refractivity contribution in [2.45, 2.75) is 39.5 Å². The molecule has 0 spiro atoms. The van der Waals surface area contributed by atoms with Crippen molar-refractivity contribution in [2.75, 3.05) is 17.2 Å². The number of urea groups is 1. The van der Waals surface area contributed by atoms with Gasteiger partial charge < -0.3 is 10.1 Å². The second kappa shape index (κ2) is 14.6. The summed E-state index contributed by atoms with van der Waals surface area (Å²) in [6.07, 6.45) is -0.838. The lowest BCUT2D eigenvalue weighted by atomic mass is 9.99. The van der Waals surface area contributed by atoms with Crippen LogP contribution in [-0.2, 0) is 4.79 Å². The lowest BCUT2D eigenvalue weighted by Crippen LogP contribution is -2.32. The van der Waals surface area contributed by atoms with E-state index in [0.29, 0.717) is 29.6 Å². The molecular formula is C33H30BrF3N6O3S. The van der Waals surface area contributed by atoms with Crippen LogP contribution in [-0.4, -0.2) is 50.5 Å². The Kier molecular flexibility index (Phi) is 10.5. The number of benzene rings is 3. The molecule has 3 amide bonds. The Morgan fingerprint density at radius 3 is 2.53 bits per heavy atom. The van der Waals surface area contributed by atoms with E-state index in [1.165, 1.54) is 47.0 Å². The van der Waals surface area contributed by atoms with Crippen molar-refractivity contribution in [3.05, 3.63) is 94.2 Å². The SMILES string of the molecule is Cc1ccc(C(C)C)c(N2C(=O)CSC2=NC(=O)NCCC(Br)=Cc2ccc(-c3ncn(-c4ccc(OC(F)(F)F)cc4)n3)cc2)c1. The average molecular weight is 728 g/mol. The summed E-state index contributed by atoms with van der Waals surface area (Å²) in [7, 11) is 0. The number of aryl methyl sites for hydroxylation is 1. The van der Waals surface area contributed by atoms with Gasteiger partial charge in [0.25, 0.3) is 0 Å². The molecule has 1 aliphatic rings. The topological polar surface area (TPSA) is 102 Å². The van der Waals surface area contributed by atoms with E-state index in [2.05, 4.69) is 54.9 Å². The quantitative estimate of drug-likeness (QED) is 0.187. The summed E-state index contributed by atoms with van der Waals surface area (Å²) in [6, 6.07) is 18.3. The van der Waals surface area contributed by atoms with Crippen LogP contribution in [0.25, 0.3) is 23.2 Å². The number of thioether (sulfide) groups is 1. The minimum absolute atomic E-state index is 0.108. The number of amides is 3. The summed E-state index contributed by atoms with van der Waals surface area (Å²) < 4.78 is 43.5. The zero-order chi connectivity index (χ0) is 33.7. The second-order valence-electron chi connectivity index (χ2n) is 10.9. The highest BCUT2D eigenvalue weighted by atomic mass is 79.9. The van der Waals surface area contributed by atoms with Gasteiger partial charge in [0.15, 0.2) is 11.0 Å². The molecule has 0 atom stereocenters. The van der Waals surface area contributed by atoms with Crippen molar-refractivity contribution in [2.24, 2.45) is 4.99 Å². The number of ether oxygens (including phenoxy) is 1. The predicted molar refractivity (Wildman–Crippen MR) is 181 cm³/mol. The van der Waals surface area contributed by atoms with Gasteiger partial charge >= 0.3 is 12.4 Å². The standard InChI is InChI=1S/C33H30BrF3N6O3S/c1-20(2)27-13-4-21(3)16-28(27)43-29(44)18-47-32(43)40-31(45)38-15-14-24(34)17-22-5-7-23(8-6-22)30-39-19-42(41-30)25-9-11-26(12-10-25)46-33(35,36)37/h4-13,16-17,19-20H,14-15,18H2,1-3H3,(H,38,45). The van der Waals surface area contributed by atoms with E-state index in [-0.39, 0.29) is 23.3 Å². The van der Waals surface area contributed by atoms with Gasteiger partial charge in [-0.1, -0.05) is 77.9 Å². The molecule has 0 saturated carbocycles. The van der Waals surface area contributed by atoms with Crippen LogP contribution >= 0.6 is 27.7 Å². The molecule has 0 unspecified atom stereocenters. The second-order valence-corrected chi connectivity index (χ2v) is 12.8. The van der Waals surface area contributed by atoms with Crippen molar-refractivity contribution in [1.82, 2.24) is 20.1 Å². The number of carbonyl (C=O) groups is 2. The zero-order valence-corrected chi connectivity index (χ0v) is 28.0. The first kappa shape index (κ1) is 33.9. The maximum absolute atomic E-state index is 12.8. The van der Waals surface area contributed by atoms with Gasteiger partial charge in [-0.3, -0.25) is 9.69 Å². The monoisotopic (exact) mass is 726 g/mol. The summed E-state index contributed by atoms with van der Waals surface area (Å²) in [5.74, 6) is 0.435. The minimum atomic E-state index is -4.76. The predicted octanol–water partition coefficient (Wildman–Crippen LogP) is 8.24. The Hall–Kier alpha value is -4.43. The Balaban J connectivity index is 1.16. The maximum atomic E-state index is 12.8. The van der Waals surface area contributed by atoms with Gasteiger partial charge in [-0.15, -0.1) is 18.3 Å². The average Bonchev–Trinajstić information content (AvgIpc) is 3.64. The maximum Gasteiger partial charge on any atom is 0.573 e. The molecule has 4 aromatic rings.